The Hall–Kier alpha value is -1.38. The molecule has 0 heterocycles. The van der Waals surface area contributed by atoms with Crippen molar-refractivity contribution in [2.24, 2.45) is 0 Å². The Labute approximate surface area is 118 Å². The molecule has 0 saturated heterocycles. The molecule has 1 aromatic carbocycles. The highest BCUT2D eigenvalue weighted by atomic mass is 32.2. The lowest BCUT2D eigenvalue weighted by Gasteiger charge is -2.12. The zero-order valence-corrected chi connectivity index (χ0v) is 12.5. The maximum atomic E-state index is 13.9. The third kappa shape index (κ3) is 4.06. The molecular formula is C12H19FN2O4S. The summed E-state index contributed by atoms with van der Waals surface area (Å²) in [5, 5.41) is 2.89. The fraction of sp³-hybridized carbons (Fsp3) is 0.500. The van der Waals surface area contributed by atoms with Gasteiger partial charge in [0.25, 0.3) is 0 Å². The number of hydrogen-bond donors (Lipinski definition) is 2. The van der Waals surface area contributed by atoms with Gasteiger partial charge in [-0.25, -0.2) is 17.5 Å². The zero-order valence-electron chi connectivity index (χ0n) is 11.7. The van der Waals surface area contributed by atoms with Crippen molar-refractivity contribution in [2.75, 3.05) is 34.4 Å². The third-order valence-electron chi connectivity index (χ3n) is 2.62. The van der Waals surface area contributed by atoms with Crippen LogP contribution in [-0.2, 0) is 10.0 Å². The average molecular weight is 306 g/mol. The minimum atomic E-state index is -3.92. The van der Waals surface area contributed by atoms with Crippen LogP contribution in [0.5, 0.6) is 11.5 Å². The Kier molecular flexibility index (Phi) is 6.18. The first-order valence-electron chi connectivity index (χ1n) is 6.02. The number of ether oxygens (including phenoxy) is 2. The fourth-order valence-electron chi connectivity index (χ4n) is 1.59. The Morgan fingerprint density at radius 3 is 2.30 bits per heavy atom. The van der Waals surface area contributed by atoms with Crippen LogP contribution in [0, 0.1) is 5.82 Å². The van der Waals surface area contributed by atoms with Gasteiger partial charge in [0.2, 0.25) is 10.0 Å². The Bertz CT molecular complexity index is 549. The van der Waals surface area contributed by atoms with Gasteiger partial charge in [0.05, 0.1) is 14.2 Å². The van der Waals surface area contributed by atoms with E-state index < -0.39 is 20.7 Å². The predicted molar refractivity (Wildman–Crippen MR) is 73.2 cm³/mol. The molecule has 0 fully saturated rings. The Balaban J connectivity index is 2.99. The van der Waals surface area contributed by atoms with Gasteiger partial charge in [0.1, 0.15) is 10.7 Å². The lowest BCUT2D eigenvalue weighted by Crippen LogP contribution is -2.27. The summed E-state index contributed by atoms with van der Waals surface area (Å²) in [5.41, 5.74) is 0. The van der Waals surface area contributed by atoms with Crippen LogP contribution in [0.1, 0.15) is 6.42 Å². The van der Waals surface area contributed by atoms with E-state index in [1.165, 1.54) is 14.2 Å². The highest BCUT2D eigenvalue weighted by molar-refractivity contribution is 7.89. The van der Waals surface area contributed by atoms with Crippen molar-refractivity contribution in [3.05, 3.63) is 17.9 Å². The van der Waals surface area contributed by atoms with E-state index in [4.69, 9.17) is 9.47 Å². The van der Waals surface area contributed by atoms with Crippen LogP contribution in [0.3, 0.4) is 0 Å². The molecule has 0 aliphatic carbocycles. The second-order valence-electron chi connectivity index (χ2n) is 3.99. The van der Waals surface area contributed by atoms with Crippen molar-refractivity contribution in [3.8, 4) is 11.5 Å². The average Bonchev–Trinajstić information content (AvgIpc) is 2.43. The Morgan fingerprint density at radius 1 is 1.15 bits per heavy atom. The molecule has 0 aromatic heterocycles. The first-order valence-corrected chi connectivity index (χ1v) is 7.50. The summed E-state index contributed by atoms with van der Waals surface area (Å²) in [6.45, 7) is 0.883. The number of hydrogen-bond acceptors (Lipinski definition) is 5. The largest absolute Gasteiger partial charge is 0.493 e. The summed E-state index contributed by atoms with van der Waals surface area (Å²) in [6, 6.07) is 2.09. The van der Waals surface area contributed by atoms with Crippen molar-refractivity contribution < 1.29 is 22.3 Å². The number of nitrogens with one attached hydrogen (secondary N) is 2. The van der Waals surface area contributed by atoms with Gasteiger partial charge in [-0.2, -0.15) is 0 Å². The smallest absolute Gasteiger partial charge is 0.243 e. The number of benzene rings is 1. The molecule has 0 aliphatic rings. The van der Waals surface area contributed by atoms with E-state index in [1.54, 1.807) is 7.05 Å². The number of rotatable bonds is 8. The summed E-state index contributed by atoms with van der Waals surface area (Å²) in [5.74, 6) is -0.590. The topological polar surface area (TPSA) is 76.7 Å². The first-order chi connectivity index (χ1) is 9.46. The molecule has 0 amide bonds. The van der Waals surface area contributed by atoms with Crippen molar-refractivity contribution in [1.29, 1.82) is 0 Å². The van der Waals surface area contributed by atoms with Crippen LogP contribution in [0.15, 0.2) is 17.0 Å². The fourth-order valence-corrected chi connectivity index (χ4v) is 2.74. The summed E-state index contributed by atoms with van der Waals surface area (Å²) >= 11 is 0. The molecule has 1 aromatic rings. The quantitative estimate of drug-likeness (QED) is 0.693. The van der Waals surface area contributed by atoms with Crippen LogP contribution in [-0.4, -0.2) is 42.8 Å². The van der Waals surface area contributed by atoms with E-state index in [1.807, 2.05) is 0 Å². The lowest BCUT2D eigenvalue weighted by atomic mass is 10.3. The summed E-state index contributed by atoms with van der Waals surface area (Å²) in [6.07, 6.45) is 0.602. The summed E-state index contributed by atoms with van der Waals surface area (Å²) in [7, 11) is 0.551. The lowest BCUT2D eigenvalue weighted by molar-refractivity contribution is 0.350. The van der Waals surface area contributed by atoms with Crippen LogP contribution in [0.2, 0.25) is 0 Å². The van der Waals surface area contributed by atoms with E-state index in [2.05, 4.69) is 10.0 Å². The van der Waals surface area contributed by atoms with Crippen molar-refractivity contribution in [3.63, 3.8) is 0 Å². The molecular weight excluding hydrogens is 287 g/mol. The molecule has 2 N–H and O–H groups in total. The van der Waals surface area contributed by atoms with Crippen LogP contribution in [0.25, 0.3) is 0 Å². The molecule has 0 atom stereocenters. The van der Waals surface area contributed by atoms with E-state index in [0.717, 1.165) is 12.1 Å². The van der Waals surface area contributed by atoms with E-state index in [0.29, 0.717) is 13.0 Å². The highest BCUT2D eigenvalue weighted by Gasteiger charge is 2.22. The van der Waals surface area contributed by atoms with E-state index in [9.17, 15) is 12.8 Å². The molecule has 1 rings (SSSR count). The maximum absolute atomic E-state index is 13.9. The first kappa shape index (κ1) is 16.7. The van der Waals surface area contributed by atoms with Gasteiger partial charge < -0.3 is 14.8 Å². The summed E-state index contributed by atoms with van der Waals surface area (Å²) in [4.78, 5) is -0.459. The molecule has 114 valence electrons. The standard InChI is InChI=1S/C12H19FN2O4S/c1-14-5-4-6-15-20(16,17)12-8-11(19-3)10(18-2)7-9(12)13/h7-8,14-15H,4-6H2,1-3H3. The van der Waals surface area contributed by atoms with Gasteiger partial charge in [0.15, 0.2) is 11.5 Å². The van der Waals surface area contributed by atoms with Gasteiger partial charge in [-0.1, -0.05) is 0 Å². The Morgan fingerprint density at radius 2 is 1.75 bits per heavy atom. The van der Waals surface area contributed by atoms with Crippen LogP contribution in [0.4, 0.5) is 4.39 Å². The summed E-state index contributed by atoms with van der Waals surface area (Å²) < 4.78 is 50.1. The molecule has 20 heavy (non-hydrogen) atoms. The highest BCUT2D eigenvalue weighted by Crippen LogP contribution is 2.31. The van der Waals surface area contributed by atoms with Crippen molar-refractivity contribution in [2.45, 2.75) is 11.3 Å². The molecule has 0 saturated carbocycles. The maximum Gasteiger partial charge on any atom is 0.243 e. The van der Waals surface area contributed by atoms with Crippen molar-refractivity contribution >= 4 is 10.0 Å². The molecule has 0 unspecified atom stereocenters. The van der Waals surface area contributed by atoms with E-state index in [-0.39, 0.29) is 18.0 Å². The number of halogens is 1. The van der Waals surface area contributed by atoms with Gasteiger partial charge in [0, 0.05) is 18.7 Å². The van der Waals surface area contributed by atoms with E-state index >= 15 is 0 Å². The van der Waals surface area contributed by atoms with Gasteiger partial charge >= 0.3 is 0 Å². The van der Waals surface area contributed by atoms with Crippen molar-refractivity contribution in [1.82, 2.24) is 10.0 Å². The zero-order chi connectivity index (χ0) is 15.2. The normalized spacial score (nSPS) is 11.4. The minimum absolute atomic E-state index is 0.138. The SMILES string of the molecule is CNCCCNS(=O)(=O)c1cc(OC)c(OC)cc1F. The van der Waals surface area contributed by atoms with Gasteiger partial charge in [-0.3, -0.25) is 0 Å². The molecule has 0 spiro atoms. The monoisotopic (exact) mass is 306 g/mol. The molecule has 0 radical (unpaired) electrons. The van der Waals surface area contributed by atoms with Gasteiger partial charge in [-0.05, 0) is 20.0 Å². The van der Waals surface area contributed by atoms with Crippen LogP contribution >= 0.6 is 0 Å². The van der Waals surface area contributed by atoms with Crippen LogP contribution < -0.4 is 19.5 Å². The molecule has 8 heteroatoms. The van der Waals surface area contributed by atoms with Gasteiger partial charge in [-0.15, -0.1) is 0 Å². The second kappa shape index (κ2) is 7.41. The number of methoxy groups -OCH3 is 2. The second-order valence-corrected chi connectivity index (χ2v) is 5.73. The minimum Gasteiger partial charge on any atom is -0.493 e. The predicted octanol–water partition coefficient (Wildman–Crippen LogP) is 0.731. The third-order valence-corrected chi connectivity index (χ3v) is 4.10. The molecule has 0 bridgehead atoms. The molecule has 6 nitrogen and oxygen atoms in total. The molecule has 0 aliphatic heterocycles. The number of sulfonamides is 1.